The van der Waals surface area contributed by atoms with Gasteiger partial charge in [0.15, 0.2) is 10.1 Å². The molecule has 0 N–H and O–H groups in total. The second-order valence-electron chi connectivity index (χ2n) is 6.70. The number of alkyl halides is 4. The number of benzene rings is 1. The Morgan fingerprint density at radius 1 is 0.963 bits per heavy atom. The fourth-order valence-corrected chi connectivity index (χ4v) is 7.04. The first-order valence-electron chi connectivity index (χ1n) is 7.73. The molecule has 27 heavy (non-hydrogen) atoms. The number of allylic oxidation sites excluding steroid dienone is 2. The second-order valence-corrected chi connectivity index (χ2v) is 9.98. The zero-order chi connectivity index (χ0) is 20.1. The Hall–Kier alpha value is -0.490. The summed E-state index contributed by atoms with van der Waals surface area (Å²) in [7, 11) is 0. The maximum atomic E-state index is 13.2. The van der Waals surface area contributed by atoms with Crippen LogP contribution in [0.3, 0.4) is 0 Å². The molecule has 4 atom stereocenters. The number of halogens is 6. The van der Waals surface area contributed by atoms with E-state index >= 15 is 0 Å². The summed E-state index contributed by atoms with van der Waals surface area (Å²) in [5.74, 6) is -3.93. The SMILES string of the molecule is CC(=O)c1cccc(N2C(=O)[C@@H]3[C@@H](C2=O)[C@]2(Cl)C(Cl)=C(Cl)[C@]3(Cl)C2(Cl)Cl)c1. The number of Topliss-reactive ketones (excluding diaryl/α,β-unsaturated/α-hetero) is 1. The van der Waals surface area contributed by atoms with Gasteiger partial charge in [0, 0.05) is 5.56 Å². The van der Waals surface area contributed by atoms with Gasteiger partial charge in [-0.05, 0) is 19.1 Å². The predicted molar refractivity (Wildman–Crippen MR) is 106 cm³/mol. The molecule has 1 aromatic carbocycles. The first kappa shape index (κ1) is 19.8. The number of anilines is 1. The van der Waals surface area contributed by atoms with Crippen molar-refractivity contribution >= 4 is 92.9 Å². The minimum atomic E-state index is -1.97. The van der Waals surface area contributed by atoms with E-state index in [9.17, 15) is 14.4 Å². The summed E-state index contributed by atoms with van der Waals surface area (Å²) >= 11 is 38.6. The van der Waals surface area contributed by atoms with Crippen LogP contribution in [0.25, 0.3) is 0 Å². The molecule has 0 spiro atoms. The van der Waals surface area contributed by atoms with Crippen LogP contribution in [0, 0.1) is 11.8 Å². The zero-order valence-electron chi connectivity index (χ0n) is 13.4. The van der Waals surface area contributed by atoms with E-state index in [-0.39, 0.29) is 21.5 Å². The van der Waals surface area contributed by atoms with E-state index < -0.39 is 37.7 Å². The average molecular weight is 488 g/mol. The molecule has 10 heteroatoms. The van der Waals surface area contributed by atoms with Crippen LogP contribution in [0.15, 0.2) is 34.3 Å². The van der Waals surface area contributed by atoms with Crippen molar-refractivity contribution in [3.8, 4) is 0 Å². The van der Waals surface area contributed by atoms with Gasteiger partial charge in [0.05, 0.1) is 27.6 Å². The molecule has 2 amide bonds. The Morgan fingerprint density at radius 3 is 1.89 bits per heavy atom. The molecule has 142 valence electrons. The molecule has 2 bridgehead atoms. The highest BCUT2D eigenvalue weighted by molar-refractivity contribution is 6.67. The van der Waals surface area contributed by atoms with Crippen molar-refractivity contribution < 1.29 is 14.4 Å². The number of ketones is 1. The minimum Gasteiger partial charge on any atom is -0.295 e. The van der Waals surface area contributed by atoms with Gasteiger partial charge in [-0.2, -0.15) is 0 Å². The largest absolute Gasteiger partial charge is 0.295 e. The number of amides is 2. The van der Waals surface area contributed by atoms with E-state index in [1.54, 1.807) is 12.1 Å². The highest BCUT2D eigenvalue weighted by atomic mass is 35.5. The van der Waals surface area contributed by atoms with Crippen molar-refractivity contribution in [1.29, 1.82) is 0 Å². The Morgan fingerprint density at radius 2 is 1.44 bits per heavy atom. The molecule has 3 aliphatic rings. The van der Waals surface area contributed by atoms with Gasteiger partial charge in [-0.25, -0.2) is 4.90 Å². The first-order valence-corrected chi connectivity index (χ1v) is 9.99. The van der Waals surface area contributed by atoms with Crippen LogP contribution in [0.2, 0.25) is 0 Å². The van der Waals surface area contributed by atoms with Gasteiger partial charge in [-0.15, -0.1) is 23.2 Å². The van der Waals surface area contributed by atoms with Crippen LogP contribution < -0.4 is 4.90 Å². The van der Waals surface area contributed by atoms with Gasteiger partial charge in [-0.1, -0.05) is 58.5 Å². The molecule has 0 radical (unpaired) electrons. The number of hydrogen-bond acceptors (Lipinski definition) is 3. The van der Waals surface area contributed by atoms with Gasteiger partial charge in [-0.3, -0.25) is 14.4 Å². The number of fused-ring (bicyclic) bond motifs is 5. The van der Waals surface area contributed by atoms with Gasteiger partial charge < -0.3 is 0 Å². The van der Waals surface area contributed by atoms with Crippen LogP contribution >= 0.6 is 69.6 Å². The lowest BCUT2D eigenvalue weighted by molar-refractivity contribution is -0.123. The number of carbonyl (C=O) groups is 3. The van der Waals surface area contributed by atoms with E-state index in [1.165, 1.54) is 19.1 Å². The molecule has 1 saturated carbocycles. The van der Waals surface area contributed by atoms with Gasteiger partial charge in [0.25, 0.3) is 0 Å². The van der Waals surface area contributed by atoms with Crippen molar-refractivity contribution in [2.24, 2.45) is 11.8 Å². The lowest BCUT2D eigenvalue weighted by Crippen LogP contribution is -2.50. The molecule has 4 nitrogen and oxygen atoms in total. The Labute approximate surface area is 184 Å². The van der Waals surface area contributed by atoms with Crippen LogP contribution in [0.1, 0.15) is 17.3 Å². The molecule has 4 rings (SSSR count). The van der Waals surface area contributed by atoms with Crippen LogP contribution in [-0.4, -0.2) is 31.7 Å². The van der Waals surface area contributed by atoms with E-state index in [0.29, 0.717) is 5.56 Å². The minimum absolute atomic E-state index is 0.146. The molecular formula is C17H9Cl6NO3. The third-order valence-electron chi connectivity index (χ3n) is 5.42. The summed E-state index contributed by atoms with van der Waals surface area (Å²) in [5, 5.41) is -0.292. The molecule has 1 heterocycles. The number of imide groups is 1. The summed E-state index contributed by atoms with van der Waals surface area (Å²) in [6.07, 6.45) is 0. The summed E-state index contributed by atoms with van der Waals surface area (Å²) in [6, 6.07) is 6.10. The van der Waals surface area contributed by atoms with Gasteiger partial charge >= 0.3 is 0 Å². The van der Waals surface area contributed by atoms with Crippen LogP contribution in [-0.2, 0) is 9.59 Å². The Balaban J connectivity index is 1.89. The normalized spacial score (nSPS) is 36.6. The molecule has 0 aromatic heterocycles. The number of nitrogens with zero attached hydrogens (tertiary/aromatic N) is 1. The summed E-state index contributed by atoms with van der Waals surface area (Å²) < 4.78 is -1.97. The summed E-state index contributed by atoms with van der Waals surface area (Å²) in [4.78, 5) is 35.3. The number of rotatable bonds is 2. The standard InChI is InChI=1S/C17H9Cl6NO3/c1-6(25)7-3-2-4-8(5-7)24-13(26)9-10(14(24)27)16(21)12(19)11(18)15(9,20)17(16,22)23/h2-5,9-10H,1H3/t9-,10-,15-,16-/m0/s1. The molecular weight excluding hydrogens is 479 g/mol. The second kappa shape index (κ2) is 5.78. The van der Waals surface area contributed by atoms with E-state index in [1.807, 2.05) is 0 Å². The van der Waals surface area contributed by atoms with Crippen molar-refractivity contribution in [3.63, 3.8) is 0 Å². The van der Waals surface area contributed by atoms with Crippen molar-refractivity contribution in [1.82, 2.24) is 0 Å². The lowest BCUT2D eigenvalue weighted by atomic mass is 9.84. The highest BCUT2D eigenvalue weighted by Gasteiger charge is 2.87. The molecule has 2 fully saturated rings. The average Bonchev–Trinajstić information content (AvgIpc) is 2.99. The maximum absolute atomic E-state index is 13.2. The quantitative estimate of drug-likeness (QED) is 0.341. The van der Waals surface area contributed by atoms with Crippen molar-refractivity contribution in [2.45, 2.75) is 21.0 Å². The highest BCUT2D eigenvalue weighted by Crippen LogP contribution is 2.77. The third-order valence-corrected chi connectivity index (χ3v) is 9.68. The van der Waals surface area contributed by atoms with E-state index in [0.717, 1.165) is 4.90 Å². The van der Waals surface area contributed by atoms with Crippen molar-refractivity contribution in [3.05, 3.63) is 39.9 Å². The summed E-state index contributed by atoms with van der Waals surface area (Å²) in [5.41, 5.74) is 0.557. The molecule has 1 aliphatic heterocycles. The van der Waals surface area contributed by atoms with E-state index in [2.05, 4.69) is 0 Å². The topological polar surface area (TPSA) is 54.5 Å². The van der Waals surface area contributed by atoms with Crippen molar-refractivity contribution in [2.75, 3.05) is 4.90 Å². The smallest absolute Gasteiger partial charge is 0.240 e. The molecule has 2 aliphatic carbocycles. The fraction of sp³-hybridized carbons (Fsp3) is 0.353. The molecule has 1 aromatic rings. The fourth-order valence-electron chi connectivity index (χ4n) is 4.11. The van der Waals surface area contributed by atoms with Gasteiger partial charge in [0.1, 0.15) is 9.75 Å². The number of carbonyl (C=O) groups excluding carboxylic acids is 3. The Bertz CT molecular complexity index is 929. The predicted octanol–water partition coefficient (Wildman–Crippen LogP) is 4.84. The maximum Gasteiger partial charge on any atom is 0.240 e. The number of hydrogen-bond donors (Lipinski definition) is 0. The van der Waals surface area contributed by atoms with Crippen LogP contribution in [0.4, 0.5) is 5.69 Å². The van der Waals surface area contributed by atoms with Gasteiger partial charge in [0.2, 0.25) is 11.8 Å². The van der Waals surface area contributed by atoms with E-state index in [4.69, 9.17) is 69.6 Å². The Kier molecular flexibility index (Phi) is 4.24. The van der Waals surface area contributed by atoms with Crippen LogP contribution in [0.5, 0.6) is 0 Å². The first-order chi connectivity index (χ1) is 12.4. The zero-order valence-corrected chi connectivity index (χ0v) is 17.9. The molecule has 1 saturated heterocycles. The lowest BCUT2D eigenvalue weighted by Gasteiger charge is -2.34. The summed E-state index contributed by atoms with van der Waals surface area (Å²) in [6.45, 7) is 1.38. The molecule has 0 unspecified atom stereocenters. The monoisotopic (exact) mass is 485 g/mol. The third kappa shape index (κ3) is 2.02.